The summed E-state index contributed by atoms with van der Waals surface area (Å²) in [6.45, 7) is 8.29. The molecule has 1 aliphatic heterocycles. The molecule has 1 heterocycles. The molecule has 0 bridgehead atoms. The van der Waals surface area contributed by atoms with E-state index in [4.69, 9.17) is 0 Å². The number of unbranched alkanes of at least 4 members (excludes halogenated alkanes) is 1. The Hall–Kier alpha value is -0.780. The molecule has 0 radical (unpaired) electrons. The van der Waals surface area contributed by atoms with Gasteiger partial charge in [-0.1, -0.05) is 46.5 Å². The fourth-order valence-corrected chi connectivity index (χ4v) is 5.09. The molecule has 1 saturated heterocycles. The zero-order valence-corrected chi connectivity index (χ0v) is 19.3. The maximum absolute atomic E-state index is 13.3. The van der Waals surface area contributed by atoms with Gasteiger partial charge in [0.2, 0.25) is 5.91 Å². The van der Waals surface area contributed by atoms with Crippen molar-refractivity contribution < 1.29 is 18.0 Å². The normalized spacial score (nSPS) is 26.3. The topological polar surface area (TPSA) is 32.3 Å². The van der Waals surface area contributed by atoms with Crippen LogP contribution in [0.3, 0.4) is 0 Å². The van der Waals surface area contributed by atoms with E-state index in [1.807, 2.05) is 11.8 Å². The molecule has 2 aliphatic rings. The van der Waals surface area contributed by atoms with Crippen LogP contribution in [0.15, 0.2) is 0 Å². The van der Waals surface area contributed by atoms with Gasteiger partial charge in [0.25, 0.3) is 0 Å². The van der Waals surface area contributed by atoms with Crippen LogP contribution in [0.2, 0.25) is 0 Å². The van der Waals surface area contributed by atoms with Gasteiger partial charge in [0.1, 0.15) is 0 Å². The van der Waals surface area contributed by atoms with Crippen LogP contribution in [0.25, 0.3) is 0 Å². The smallest absolute Gasteiger partial charge is 0.342 e. The van der Waals surface area contributed by atoms with Crippen molar-refractivity contribution in [1.82, 2.24) is 10.2 Å². The molecule has 0 aromatic carbocycles. The molecule has 4 unspecified atom stereocenters. The van der Waals surface area contributed by atoms with E-state index in [-0.39, 0.29) is 18.7 Å². The van der Waals surface area contributed by atoms with Crippen LogP contribution >= 0.6 is 0 Å². The number of rotatable bonds is 9. The Morgan fingerprint density at radius 2 is 1.80 bits per heavy atom. The standard InChI is InChI=1S/C24H43F3N2O/c1-4-5-8-21(24(25,26)27)16-19(3)23(30)29-14-12-20(13-15-29)17-28-22-9-6-7-18(2)10-11-22/h18-22,28H,4-17H2,1-3H3. The zero-order valence-electron chi connectivity index (χ0n) is 19.3. The van der Waals surface area contributed by atoms with Crippen molar-refractivity contribution in [2.24, 2.45) is 23.7 Å². The summed E-state index contributed by atoms with van der Waals surface area (Å²) in [5.41, 5.74) is 0. The van der Waals surface area contributed by atoms with Crippen LogP contribution in [0.4, 0.5) is 13.2 Å². The lowest BCUT2D eigenvalue weighted by molar-refractivity contribution is -0.182. The molecule has 2 rings (SSSR count). The molecule has 176 valence electrons. The summed E-state index contributed by atoms with van der Waals surface area (Å²) in [6, 6.07) is 0.622. The fourth-order valence-electron chi connectivity index (χ4n) is 5.09. The quantitative estimate of drug-likeness (QED) is 0.441. The monoisotopic (exact) mass is 432 g/mol. The van der Waals surface area contributed by atoms with Gasteiger partial charge in [-0.2, -0.15) is 13.2 Å². The van der Waals surface area contributed by atoms with E-state index in [2.05, 4.69) is 12.2 Å². The van der Waals surface area contributed by atoms with Gasteiger partial charge < -0.3 is 10.2 Å². The minimum absolute atomic E-state index is 0.0794. The maximum atomic E-state index is 13.3. The number of carbonyl (C=O) groups excluding carboxylic acids is 1. The highest BCUT2D eigenvalue weighted by Gasteiger charge is 2.41. The van der Waals surface area contributed by atoms with Gasteiger partial charge in [0.05, 0.1) is 5.92 Å². The second-order valence-corrected chi connectivity index (χ2v) is 10.0. The molecule has 4 atom stereocenters. The summed E-state index contributed by atoms with van der Waals surface area (Å²) in [5.74, 6) is -0.606. The van der Waals surface area contributed by atoms with Crippen LogP contribution in [0.1, 0.15) is 91.4 Å². The number of nitrogens with zero attached hydrogens (tertiary/aromatic N) is 1. The number of halogens is 3. The van der Waals surface area contributed by atoms with Gasteiger partial charge in [0, 0.05) is 25.0 Å². The first kappa shape index (κ1) is 25.5. The lowest BCUT2D eigenvalue weighted by atomic mass is 9.89. The summed E-state index contributed by atoms with van der Waals surface area (Å²) in [4.78, 5) is 14.6. The molecule has 1 amide bonds. The summed E-state index contributed by atoms with van der Waals surface area (Å²) in [7, 11) is 0. The average molecular weight is 433 g/mol. The molecular formula is C24H43F3N2O. The van der Waals surface area contributed by atoms with Gasteiger partial charge in [-0.3, -0.25) is 4.79 Å². The van der Waals surface area contributed by atoms with Crippen LogP contribution in [0.5, 0.6) is 0 Å². The summed E-state index contributed by atoms with van der Waals surface area (Å²) in [5, 5.41) is 3.75. The minimum Gasteiger partial charge on any atom is -0.342 e. The maximum Gasteiger partial charge on any atom is 0.391 e. The molecule has 3 nitrogen and oxygen atoms in total. The van der Waals surface area contributed by atoms with Crippen molar-refractivity contribution in [3.05, 3.63) is 0 Å². The molecular weight excluding hydrogens is 389 g/mol. The first-order chi connectivity index (χ1) is 14.2. The van der Waals surface area contributed by atoms with E-state index in [0.29, 0.717) is 31.5 Å². The molecule has 6 heteroatoms. The highest BCUT2D eigenvalue weighted by Crippen LogP contribution is 2.35. The lowest BCUT2D eigenvalue weighted by Crippen LogP contribution is -2.44. The third kappa shape index (κ3) is 8.39. The first-order valence-electron chi connectivity index (χ1n) is 12.3. The Morgan fingerprint density at radius 1 is 1.10 bits per heavy atom. The Labute approximate surface area is 181 Å². The third-order valence-corrected chi connectivity index (χ3v) is 7.31. The summed E-state index contributed by atoms with van der Waals surface area (Å²) < 4.78 is 39.9. The Kier molecular flexibility index (Phi) is 10.5. The summed E-state index contributed by atoms with van der Waals surface area (Å²) >= 11 is 0. The number of amides is 1. The predicted molar refractivity (Wildman–Crippen MR) is 116 cm³/mol. The zero-order chi connectivity index (χ0) is 22.1. The van der Waals surface area contributed by atoms with E-state index in [9.17, 15) is 18.0 Å². The second-order valence-electron chi connectivity index (χ2n) is 10.0. The van der Waals surface area contributed by atoms with Gasteiger partial charge in [0.15, 0.2) is 0 Å². The van der Waals surface area contributed by atoms with Crippen LogP contribution in [0, 0.1) is 23.7 Å². The average Bonchev–Trinajstić information content (AvgIpc) is 2.92. The van der Waals surface area contributed by atoms with E-state index in [0.717, 1.165) is 31.7 Å². The minimum atomic E-state index is -4.21. The number of nitrogens with one attached hydrogen (secondary N) is 1. The molecule has 0 aromatic heterocycles. The highest BCUT2D eigenvalue weighted by atomic mass is 19.4. The van der Waals surface area contributed by atoms with Gasteiger partial charge >= 0.3 is 6.18 Å². The predicted octanol–water partition coefficient (Wildman–Crippen LogP) is 6.18. The van der Waals surface area contributed by atoms with E-state index in [1.165, 1.54) is 32.1 Å². The van der Waals surface area contributed by atoms with Crippen molar-refractivity contribution in [1.29, 1.82) is 0 Å². The second kappa shape index (κ2) is 12.3. The van der Waals surface area contributed by atoms with Crippen LogP contribution in [-0.4, -0.2) is 42.7 Å². The fraction of sp³-hybridized carbons (Fsp3) is 0.958. The third-order valence-electron chi connectivity index (χ3n) is 7.31. The summed E-state index contributed by atoms with van der Waals surface area (Å²) in [6.07, 6.45) is 5.52. The molecule has 1 N–H and O–H groups in total. The lowest BCUT2D eigenvalue weighted by Gasteiger charge is -2.35. The van der Waals surface area contributed by atoms with Gasteiger partial charge in [-0.25, -0.2) is 0 Å². The molecule has 2 fully saturated rings. The number of alkyl halides is 3. The molecule has 0 aromatic rings. The number of hydrogen-bond donors (Lipinski definition) is 1. The molecule has 1 saturated carbocycles. The number of hydrogen-bond acceptors (Lipinski definition) is 2. The molecule has 1 aliphatic carbocycles. The van der Waals surface area contributed by atoms with Crippen molar-refractivity contribution in [2.75, 3.05) is 19.6 Å². The first-order valence-corrected chi connectivity index (χ1v) is 12.3. The van der Waals surface area contributed by atoms with Gasteiger partial charge in [-0.15, -0.1) is 0 Å². The number of likely N-dealkylation sites (tertiary alicyclic amines) is 1. The van der Waals surface area contributed by atoms with Crippen molar-refractivity contribution in [3.8, 4) is 0 Å². The Morgan fingerprint density at radius 3 is 2.43 bits per heavy atom. The Bertz CT molecular complexity index is 503. The largest absolute Gasteiger partial charge is 0.391 e. The van der Waals surface area contributed by atoms with E-state index in [1.54, 1.807) is 6.92 Å². The van der Waals surface area contributed by atoms with Crippen molar-refractivity contribution >= 4 is 5.91 Å². The van der Waals surface area contributed by atoms with E-state index >= 15 is 0 Å². The van der Waals surface area contributed by atoms with Gasteiger partial charge in [-0.05, 0) is 63.3 Å². The Balaban J connectivity index is 1.73. The SMILES string of the molecule is CCCCC(CC(C)C(=O)N1CCC(CNC2CCCC(C)CC2)CC1)C(F)(F)F. The number of piperidine rings is 1. The van der Waals surface area contributed by atoms with Crippen LogP contribution < -0.4 is 5.32 Å². The van der Waals surface area contributed by atoms with Crippen molar-refractivity contribution in [2.45, 2.75) is 104 Å². The van der Waals surface area contributed by atoms with E-state index < -0.39 is 18.0 Å². The van der Waals surface area contributed by atoms with Crippen molar-refractivity contribution in [3.63, 3.8) is 0 Å². The number of carbonyl (C=O) groups is 1. The highest BCUT2D eigenvalue weighted by molar-refractivity contribution is 5.78. The van der Waals surface area contributed by atoms with Crippen LogP contribution in [-0.2, 0) is 4.79 Å². The molecule has 30 heavy (non-hydrogen) atoms. The molecule has 0 spiro atoms.